The molecule has 1 aliphatic carbocycles. The SMILES string of the molecule is COC(=O)C1=C(NC2CCCCC2)OC2C=C(C)OC(=O)C2C1C(=O)OC. The molecule has 2 heterocycles. The highest BCUT2D eigenvalue weighted by Crippen LogP contribution is 2.39. The number of fused-ring (bicyclic) bond motifs is 1. The Hall–Kier alpha value is -2.51. The third-order valence-corrected chi connectivity index (χ3v) is 5.26. The molecule has 3 rings (SSSR count). The van der Waals surface area contributed by atoms with Gasteiger partial charge >= 0.3 is 17.9 Å². The molecule has 1 N–H and O–H groups in total. The van der Waals surface area contributed by atoms with E-state index in [4.69, 9.17) is 18.9 Å². The number of allylic oxidation sites excluding steroid dienone is 1. The van der Waals surface area contributed by atoms with Crippen molar-refractivity contribution in [1.82, 2.24) is 5.32 Å². The molecule has 0 radical (unpaired) electrons. The van der Waals surface area contributed by atoms with Crippen molar-refractivity contribution < 1.29 is 33.3 Å². The van der Waals surface area contributed by atoms with Crippen molar-refractivity contribution in [2.75, 3.05) is 14.2 Å². The maximum absolute atomic E-state index is 12.5. The number of nitrogens with one attached hydrogen (secondary N) is 1. The molecule has 3 unspecified atom stereocenters. The first-order valence-electron chi connectivity index (χ1n) is 9.20. The summed E-state index contributed by atoms with van der Waals surface area (Å²) in [5.74, 6) is -3.67. The average Bonchev–Trinajstić information content (AvgIpc) is 2.66. The van der Waals surface area contributed by atoms with Gasteiger partial charge in [0.05, 0.1) is 14.2 Å². The van der Waals surface area contributed by atoms with Crippen molar-refractivity contribution in [3.8, 4) is 0 Å². The molecule has 0 aromatic rings. The number of rotatable bonds is 4. The van der Waals surface area contributed by atoms with Gasteiger partial charge in [0, 0.05) is 6.04 Å². The molecule has 1 fully saturated rings. The second-order valence-corrected chi connectivity index (χ2v) is 7.02. The largest absolute Gasteiger partial charge is 0.470 e. The molecule has 0 spiro atoms. The molecule has 0 saturated heterocycles. The molecule has 3 aliphatic rings. The van der Waals surface area contributed by atoms with E-state index in [0.29, 0.717) is 5.76 Å². The average molecular weight is 379 g/mol. The normalized spacial score (nSPS) is 28.3. The zero-order valence-corrected chi connectivity index (χ0v) is 15.8. The lowest BCUT2D eigenvalue weighted by Crippen LogP contribution is -2.50. The van der Waals surface area contributed by atoms with Crippen LogP contribution in [0.3, 0.4) is 0 Å². The minimum atomic E-state index is -1.16. The van der Waals surface area contributed by atoms with Crippen LogP contribution in [0.4, 0.5) is 0 Å². The first-order chi connectivity index (χ1) is 13.0. The summed E-state index contributed by atoms with van der Waals surface area (Å²) in [4.78, 5) is 37.5. The molecule has 0 bridgehead atoms. The molecule has 1 saturated carbocycles. The molecule has 3 atom stereocenters. The summed E-state index contributed by atoms with van der Waals surface area (Å²) in [6, 6.07) is 0.129. The summed E-state index contributed by atoms with van der Waals surface area (Å²) in [7, 11) is 2.43. The Bertz CT molecular complexity index is 690. The van der Waals surface area contributed by atoms with Crippen LogP contribution in [0.5, 0.6) is 0 Å². The van der Waals surface area contributed by atoms with Crippen LogP contribution in [0.25, 0.3) is 0 Å². The van der Waals surface area contributed by atoms with Gasteiger partial charge < -0.3 is 24.3 Å². The zero-order chi connectivity index (χ0) is 19.6. The Balaban J connectivity index is 2.05. The van der Waals surface area contributed by atoms with Crippen LogP contribution in [-0.4, -0.2) is 44.3 Å². The lowest BCUT2D eigenvalue weighted by atomic mass is 9.79. The number of cyclic esters (lactones) is 1. The minimum Gasteiger partial charge on any atom is -0.470 e. The number of ether oxygens (including phenoxy) is 4. The Kier molecular flexibility index (Phi) is 5.72. The van der Waals surface area contributed by atoms with Gasteiger partial charge in [0.1, 0.15) is 29.3 Å². The maximum atomic E-state index is 12.5. The molecule has 0 aromatic heterocycles. The molecule has 0 aromatic carbocycles. The third kappa shape index (κ3) is 3.79. The number of carbonyl (C=O) groups is 3. The zero-order valence-electron chi connectivity index (χ0n) is 15.8. The lowest BCUT2D eigenvalue weighted by molar-refractivity contribution is -0.165. The Morgan fingerprint density at radius 3 is 2.48 bits per heavy atom. The van der Waals surface area contributed by atoms with E-state index in [1.165, 1.54) is 20.6 Å². The minimum absolute atomic E-state index is 0.0268. The lowest BCUT2D eigenvalue weighted by Gasteiger charge is -2.39. The van der Waals surface area contributed by atoms with Gasteiger partial charge in [-0.3, -0.25) is 9.59 Å². The molecule has 27 heavy (non-hydrogen) atoms. The summed E-state index contributed by atoms with van der Waals surface area (Å²) in [5, 5.41) is 3.26. The van der Waals surface area contributed by atoms with E-state index in [1.807, 2.05) is 0 Å². The van der Waals surface area contributed by atoms with Crippen molar-refractivity contribution in [2.45, 2.75) is 51.2 Å². The van der Waals surface area contributed by atoms with E-state index in [2.05, 4.69) is 5.32 Å². The predicted octanol–water partition coefficient (Wildman–Crippen LogP) is 1.56. The van der Waals surface area contributed by atoms with E-state index in [0.717, 1.165) is 25.7 Å². The molecular weight excluding hydrogens is 354 g/mol. The molecule has 8 heteroatoms. The highest BCUT2D eigenvalue weighted by Gasteiger charge is 2.53. The third-order valence-electron chi connectivity index (χ3n) is 5.26. The van der Waals surface area contributed by atoms with Crippen molar-refractivity contribution in [1.29, 1.82) is 0 Å². The molecular formula is C19H25NO7. The highest BCUT2D eigenvalue weighted by atomic mass is 16.6. The Labute approximate surface area is 157 Å². The molecule has 0 amide bonds. The molecule has 148 valence electrons. The smallest absolute Gasteiger partial charge is 0.340 e. The number of hydrogen-bond acceptors (Lipinski definition) is 8. The quantitative estimate of drug-likeness (QED) is 0.580. The van der Waals surface area contributed by atoms with Gasteiger partial charge in [-0.05, 0) is 25.8 Å². The number of hydrogen-bond donors (Lipinski definition) is 1. The topological polar surface area (TPSA) is 100 Å². The number of methoxy groups -OCH3 is 2. The van der Waals surface area contributed by atoms with Crippen LogP contribution >= 0.6 is 0 Å². The van der Waals surface area contributed by atoms with E-state index in [9.17, 15) is 14.4 Å². The van der Waals surface area contributed by atoms with Gasteiger partial charge in [-0.25, -0.2) is 4.79 Å². The van der Waals surface area contributed by atoms with Crippen LogP contribution < -0.4 is 5.32 Å². The van der Waals surface area contributed by atoms with Crippen LogP contribution in [0, 0.1) is 11.8 Å². The van der Waals surface area contributed by atoms with Crippen molar-refractivity contribution in [2.24, 2.45) is 11.8 Å². The first-order valence-corrected chi connectivity index (χ1v) is 9.20. The fourth-order valence-corrected chi connectivity index (χ4v) is 3.95. The van der Waals surface area contributed by atoms with Gasteiger partial charge in [-0.1, -0.05) is 19.3 Å². The van der Waals surface area contributed by atoms with Crippen molar-refractivity contribution in [3.63, 3.8) is 0 Å². The van der Waals surface area contributed by atoms with Gasteiger partial charge in [0.25, 0.3) is 0 Å². The monoisotopic (exact) mass is 379 g/mol. The fourth-order valence-electron chi connectivity index (χ4n) is 3.95. The van der Waals surface area contributed by atoms with Crippen LogP contribution in [0.15, 0.2) is 23.3 Å². The van der Waals surface area contributed by atoms with E-state index < -0.39 is 35.8 Å². The Morgan fingerprint density at radius 2 is 1.85 bits per heavy atom. The molecule has 8 nitrogen and oxygen atoms in total. The van der Waals surface area contributed by atoms with E-state index >= 15 is 0 Å². The van der Waals surface area contributed by atoms with Crippen LogP contribution in [0.2, 0.25) is 0 Å². The van der Waals surface area contributed by atoms with Gasteiger partial charge in [-0.15, -0.1) is 0 Å². The standard InChI is InChI=1S/C19H25NO7/c1-10-9-12-13(19(23)26-10)14(17(21)24-2)15(18(22)25-3)16(27-12)20-11-7-5-4-6-8-11/h9,11-14,20H,4-8H2,1-3H3. The first kappa shape index (κ1) is 19.3. The summed E-state index contributed by atoms with van der Waals surface area (Å²) in [6.45, 7) is 1.64. The summed E-state index contributed by atoms with van der Waals surface area (Å²) in [5.41, 5.74) is -0.0268. The predicted molar refractivity (Wildman–Crippen MR) is 92.8 cm³/mol. The number of esters is 3. The summed E-state index contributed by atoms with van der Waals surface area (Å²) in [6.07, 6.45) is 6.12. The van der Waals surface area contributed by atoms with Crippen molar-refractivity contribution >= 4 is 17.9 Å². The number of carbonyl (C=O) groups excluding carboxylic acids is 3. The summed E-state index contributed by atoms with van der Waals surface area (Å²) < 4.78 is 20.9. The fraction of sp³-hybridized carbons (Fsp3) is 0.632. The second kappa shape index (κ2) is 8.02. The highest BCUT2D eigenvalue weighted by molar-refractivity contribution is 5.99. The van der Waals surface area contributed by atoms with Gasteiger partial charge in [-0.2, -0.15) is 0 Å². The van der Waals surface area contributed by atoms with Gasteiger partial charge in [0.2, 0.25) is 0 Å². The maximum Gasteiger partial charge on any atom is 0.340 e. The van der Waals surface area contributed by atoms with Crippen LogP contribution in [0.1, 0.15) is 39.0 Å². The van der Waals surface area contributed by atoms with Gasteiger partial charge in [0.15, 0.2) is 5.88 Å². The molecule has 2 aliphatic heterocycles. The van der Waals surface area contributed by atoms with Crippen molar-refractivity contribution in [3.05, 3.63) is 23.3 Å². The summed E-state index contributed by atoms with van der Waals surface area (Å²) >= 11 is 0. The van der Waals surface area contributed by atoms with Crippen LogP contribution in [-0.2, 0) is 33.3 Å². The second-order valence-electron chi connectivity index (χ2n) is 7.02. The van der Waals surface area contributed by atoms with E-state index in [-0.39, 0.29) is 17.5 Å². The Morgan fingerprint density at radius 1 is 1.15 bits per heavy atom. The van der Waals surface area contributed by atoms with E-state index in [1.54, 1.807) is 13.0 Å².